The van der Waals surface area contributed by atoms with Crippen LogP contribution in [-0.4, -0.2) is 36.2 Å². The molecule has 1 fully saturated rings. The lowest BCUT2D eigenvalue weighted by molar-refractivity contribution is 0.162. The molecule has 0 amide bonds. The fraction of sp³-hybridized carbons (Fsp3) is 0.875. The Morgan fingerprint density at radius 1 is 1.45 bits per heavy atom. The number of aliphatic hydroxyl groups is 1. The highest BCUT2D eigenvalue weighted by Gasteiger charge is 2.28. The minimum absolute atomic E-state index is 0.171. The second-order valence-corrected chi connectivity index (χ2v) is 2.52. The van der Waals surface area contributed by atoms with Crippen molar-refractivity contribution in [3.05, 3.63) is 0 Å². The highest BCUT2D eigenvalue weighted by molar-refractivity contribution is 4.95. The van der Waals surface area contributed by atoms with Crippen molar-refractivity contribution in [2.75, 3.05) is 20.1 Å². The van der Waals surface area contributed by atoms with E-state index in [1.165, 1.54) is 0 Å². The van der Waals surface area contributed by atoms with Crippen LogP contribution in [0, 0.1) is 17.2 Å². The van der Waals surface area contributed by atoms with Crippen LogP contribution >= 0.6 is 0 Å². The second-order valence-electron chi connectivity index (χ2n) is 2.52. The summed E-state index contributed by atoms with van der Waals surface area (Å²) in [4.78, 5) is 1.96. The summed E-state index contributed by atoms with van der Waals surface area (Å²) in [6.45, 7) is 5.34. The maximum absolute atomic E-state index is 9.10. The van der Waals surface area contributed by atoms with E-state index in [-0.39, 0.29) is 5.92 Å². The van der Waals surface area contributed by atoms with Crippen LogP contribution in [0.2, 0.25) is 0 Å². The van der Waals surface area contributed by atoms with Crippen LogP contribution in [0.15, 0.2) is 0 Å². The third kappa shape index (κ3) is 2.87. The van der Waals surface area contributed by atoms with Gasteiger partial charge in [-0.3, -0.25) is 0 Å². The Labute approximate surface area is 68.2 Å². The van der Waals surface area contributed by atoms with Crippen molar-refractivity contribution < 1.29 is 5.11 Å². The van der Waals surface area contributed by atoms with Gasteiger partial charge in [0.05, 0.1) is 18.1 Å². The molecule has 0 aromatic heterocycles. The van der Waals surface area contributed by atoms with Crippen LogP contribution in [0.1, 0.15) is 13.8 Å². The number of hydrogen-bond acceptors (Lipinski definition) is 3. The first-order valence-electron chi connectivity index (χ1n) is 4.00. The zero-order valence-electron chi connectivity index (χ0n) is 7.41. The summed E-state index contributed by atoms with van der Waals surface area (Å²) in [7, 11) is 1.90. The van der Waals surface area contributed by atoms with Crippen molar-refractivity contribution in [3.8, 4) is 6.07 Å². The van der Waals surface area contributed by atoms with Crippen molar-refractivity contribution in [2.45, 2.75) is 20.0 Å². The summed E-state index contributed by atoms with van der Waals surface area (Å²) in [6.07, 6.45) is -0.431. The van der Waals surface area contributed by atoms with E-state index < -0.39 is 6.10 Å². The summed E-state index contributed by atoms with van der Waals surface area (Å²) in [5, 5.41) is 17.5. The number of hydrogen-bond donors (Lipinski definition) is 1. The number of aliphatic hydroxyl groups excluding tert-OH is 1. The first-order valence-corrected chi connectivity index (χ1v) is 4.00. The molecule has 0 aliphatic carbocycles. The van der Waals surface area contributed by atoms with E-state index >= 15 is 0 Å². The molecule has 1 aliphatic heterocycles. The topological polar surface area (TPSA) is 47.3 Å². The summed E-state index contributed by atoms with van der Waals surface area (Å²) in [5.74, 6) is -0.171. The number of nitrogens with zero attached hydrogens (tertiary/aromatic N) is 2. The first-order chi connectivity index (χ1) is 5.24. The van der Waals surface area contributed by atoms with E-state index in [1.807, 2.05) is 25.8 Å². The predicted molar refractivity (Wildman–Crippen MR) is 44.0 cm³/mol. The SMILES string of the molecule is CC.CN1CC(O)C(C#N)C1. The van der Waals surface area contributed by atoms with Gasteiger partial charge in [-0.05, 0) is 7.05 Å². The molecule has 1 aliphatic rings. The number of rotatable bonds is 0. The highest BCUT2D eigenvalue weighted by atomic mass is 16.3. The number of likely N-dealkylation sites (N-methyl/N-ethyl adjacent to an activating group) is 1. The molecule has 1 rings (SSSR count). The molecular formula is C8H16N2O. The minimum Gasteiger partial charge on any atom is -0.390 e. The van der Waals surface area contributed by atoms with Crippen LogP contribution in [0.5, 0.6) is 0 Å². The van der Waals surface area contributed by atoms with Gasteiger partial charge in [0.2, 0.25) is 0 Å². The lowest BCUT2D eigenvalue weighted by Gasteiger charge is -2.02. The van der Waals surface area contributed by atoms with Crippen LogP contribution < -0.4 is 0 Å². The van der Waals surface area contributed by atoms with Gasteiger partial charge in [0.25, 0.3) is 0 Å². The van der Waals surface area contributed by atoms with Gasteiger partial charge < -0.3 is 10.0 Å². The average Bonchev–Trinajstić information content (AvgIpc) is 2.33. The molecule has 2 atom stereocenters. The summed E-state index contributed by atoms with van der Waals surface area (Å²) >= 11 is 0. The van der Waals surface area contributed by atoms with Gasteiger partial charge in [-0.25, -0.2) is 0 Å². The summed E-state index contributed by atoms with van der Waals surface area (Å²) < 4.78 is 0. The number of β-amino-alcohol motifs (C(OH)–C–C–N with tert-alkyl or cyclic N) is 1. The Kier molecular flexibility index (Phi) is 4.84. The molecule has 11 heavy (non-hydrogen) atoms. The van der Waals surface area contributed by atoms with Gasteiger partial charge in [0, 0.05) is 13.1 Å². The fourth-order valence-electron chi connectivity index (χ4n) is 1.11. The van der Waals surface area contributed by atoms with Crippen molar-refractivity contribution in [1.82, 2.24) is 4.90 Å². The van der Waals surface area contributed by atoms with E-state index in [2.05, 4.69) is 6.07 Å². The van der Waals surface area contributed by atoms with Crippen molar-refractivity contribution in [1.29, 1.82) is 5.26 Å². The third-order valence-electron chi connectivity index (χ3n) is 1.64. The first kappa shape index (κ1) is 10.4. The van der Waals surface area contributed by atoms with Gasteiger partial charge in [-0.2, -0.15) is 5.26 Å². The smallest absolute Gasteiger partial charge is 0.0861 e. The minimum atomic E-state index is -0.431. The largest absolute Gasteiger partial charge is 0.390 e. The highest BCUT2D eigenvalue weighted by Crippen LogP contribution is 2.13. The average molecular weight is 156 g/mol. The van der Waals surface area contributed by atoms with Crippen molar-refractivity contribution in [3.63, 3.8) is 0 Å². The Morgan fingerprint density at radius 3 is 2.18 bits per heavy atom. The molecule has 3 heteroatoms. The van der Waals surface area contributed by atoms with Gasteiger partial charge in [0.15, 0.2) is 0 Å². The van der Waals surface area contributed by atoms with E-state index in [0.29, 0.717) is 13.1 Å². The quantitative estimate of drug-likeness (QED) is 0.554. The van der Waals surface area contributed by atoms with Crippen molar-refractivity contribution in [2.24, 2.45) is 5.92 Å². The number of nitriles is 1. The number of likely N-dealkylation sites (tertiary alicyclic amines) is 1. The fourth-order valence-corrected chi connectivity index (χ4v) is 1.11. The van der Waals surface area contributed by atoms with Crippen molar-refractivity contribution >= 4 is 0 Å². The molecular weight excluding hydrogens is 140 g/mol. The van der Waals surface area contributed by atoms with E-state index in [4.69, 9.17) is 10.4 Å². The van der Waals surface area contributed by atoms with E-state index in [1.54, 1.807) is 0 Å². The second kappa shape index (κ2) is 5.11. The third-order valence-corrected chi connectivity index (χ3v) is 1.64. The molecule has 0 aromatic rings. The molecule has 1 N–H and O–H groups in total. The molecule has 2 unspecified atom stereocenters. The molecule has 1 saturated heterocycles. The Balaban J connectivity index is 0.000000461. The van der Waals surface area contributed by atoms with Gasteiger partial charge >= 0.3 is 0 Å². The molecule has 0 spiro atoms. The van der Waals surface area contributed by atoms with E-state index in [9.17, 15) is 0 Å². The van der Waals surface area contributed by atoms with Crippen LogP contribution in [0.25, 0.3) is 0 Å². The predicted octanol–water partition coefficient (Wildman–Crippen LogP) is 0.459. The Bertz CT molecular complexity index is 142. The monoisotopic (exact) mass is 156 g/mol. The maximum Gasteiger partial charge on any atom is 0.0861 e. The van der Waals surface area contributed by atoms with E-state index in [0.717, 1.165) is 0 Å². The molecule has 64 valence electrons. The van der Waals surface area contributed by atoms with Gasteiger partial charge in [-0.15, -0.1) is 0 Å². The molecule has 0 saturated carbocycles. The summed E-state index contributed by atoms with van der Waals surface area (Å²) in [5.41, 5.74) is 0. The van der Waals surface area contributed by atoms with Gasteiger partial charge in [0.1, 0.15) is 0 Å². The Hall–Kier alpha value is -0.590. The lowest BCUT2D eigenvalue weighted by atomic mass is 10.1. The molecule has 1 heterocycles. The standard InChI is InChI=1S/C6H10N2O.C2H6/c1-8-3-5(2-7)6(9)4-8;1-2/h5-6,9H,3-4H2,1H3;1-2H3. The molecule has 0 radical (unpaired) electrons. The molecule has 0 bridgehead atoms. The zero-order chi connectivity index (χ0) is 8.85. The van der Waals surface area contributed by atoms with Crippen LogP contribution in [-0.2, 0) is 0 Å². The Morgan fingerprint density at radius 2 is 2.00 bits per heavy atom. The van der Waals surface area contributed by atoms with Gasteiger partial charge in [-0.1, -0.05) is 13.8 Å². The van der Waals surface area contributed by atoms with Crippen LogP contribution in [0.4, 0.5) is 0 Å². The molecule has 3 nitrogen and oxygen atoms in total. The summed E-state index contributed by atoms with van der Waals surface area (Å²) in [6, 6.07) is 2.05. The van der Waals surface area contributed by atoms with Crippen LogP contribution in [0.3, 0.4) is 0 Å². The maximum atomic E-state index is 9.10. The normalized spacial score (nSPS) is 30.5. The zero-order valence-corrected chi connectivity index (χ0v) is 7.41. The lowest BCUT2D eigenvalue weighted by Crippen LogP contribution is -2.16. The molecule has 0 aromatic carbocycles.